The van der Waals surface area contributed by atoms with Gasteiger partial charge in [0.05, 0.1) is 24.9 Å². The van der Waals surface area contributed by atoms with E-state index in [1.165, 1.54) is 55.6 Å². The third kappa shape index (κ3) is 8.46. The monoisotopic (exact) mass is 666 g/mol. The van der Waals surface area contributed by atoms with Crippen LogP contribution in [0.5, 0.6) is 0 Å². The molecule has 1 saturated heterocycles. The molecule has 0 N–H and O–H groups in total. The average molecular weight is 666 g/mol. The van der Waals surface area contributed by atoms with Crippen LogP contribution in [-0.4, -0.2) is 37.8 Å². The van der Waals surface area contributed by atoms with Gasteiger partial charge < -0.3 is 18.6 Å². The van der Waals surface area contributed by atoms with E-state index in [9.17, 15) is 0 Å². The Morgan fingerprint density at radius 3 is 1.05 bits per heavy atom. The molecule has 0 atom stereocenters. The third-order valence-electron chi connectivity index (χ3n) is 9.70. The van der Waals surface area contributed by atoms with Gasteiger partial charge in [0.15, 0.2) is 0 Å². The molecular weight excluding hydrogens is 609 g/mol. The zero-order valence-electron chi connectivity index (χ0n) is 27.8. The molecule has 0 radical (unpaired) electrons. The van der Waals surface area contributed by atoms with Gasteiger partial charge in [-0.05, 0) is 55.4 Å². The maximum atomic E-state index is 6.00. The van der Waals surface area contributed by atoms with Gasteiger partial charge in [0.2, 0.25) is 0 Å². The van der Waals surface area contributed by atoms with E-state index in [-0.39, 0.29) is 60.5 Å². The molecular formula is C32H57B2LaO4. The average Bonchev–Trinajstić information content (AvgIpc) is 3.20. The first-order chi connectivity index (χ1) is 17.0. The van der Waals surface area contributed by atoms with Gasteiger partial charge in [-0.2, -0.15) is 55.6 Å². The fourth-order valence-corrected chi connectivity index (χ4v) is 4.03. The van der Waals surface area contributed by atoms with E-state index < -0.39 is 12.9 Å². The number of hydrogen-bond acceptors (Lipinski definition) is 4. The standard InChI is InChI=1S/C12H27B2O4.2C10H15.La/c1-9(2,15-13)10(3,4)16-14-17-11(5,6)12(7,8)18-14;2*1-6-7(2)9(4)10(5)8(6)3;/h1-8,13H3;2*1-5H3;/q3*-1;+3. The van der Waals surface area contributed by atoms with E-state index in [4.69, 9.17) is 18.6 Å². The Hall–Kier alpha value is -0.135. The molecule has 0 aromatic heterocycles. The first-order valence-electron chi connectivity index (χ1n) is 13.5. The maximum Gasteiger partial charge on any atom is 3.00 e. The van der Waals surface area contributed by atoms with Crippen molar-refractivity contribution in [3.63, 3.8) is 0 Å². The molecule has 0 unspecified atom stereocenters. The Labute approximate surface area is 270 Å². The van der Waals surface area contributed by atoms with Crippen LogP contribution in [0.3, 0.4) is 0 Å². The van der Waals surface area contributed by atoms with Crippen LogP contribution >= 0.6 is 0 Å². The molecule has 1 aliphatic rings. The van der Waals surface area contributed by atoms with E-state index in [2.05, 4.69) is 69.2 Å². The summed E-state index contributed by atoms with van der Waals surface area (Å²) < 4.78 is 23.4. The first kappa shape index (κ1) is 38.9. The first-order valence-corrected chi connectivity index (χ1v) is 13.5. The molecule has 3 rings (SSSR count). The molecule has 1 aliphatic heterocycles. The Morgan fingerprint density at radius 2 is 0.872 bits per heavy atom. The molecule has 1 heterocycles. The summed E-state index contributed by atoms with van der Waals surface area (Å²) in [6.45, 7) is 38.2. The molecule has 7 heteroatoms. The number of hydrogen-bond donors (Lipinski definition) is 0. The number of rotatable bonds is 4. The summed E-state index contributed by atoms with van der Waals surface area (Å²) in [6, 6.07) is 0. The predicted molar refractivity (Wildman–Crippen MR) is 168 cm³/mol. The van der Waals surface area contributed by atoms with Crippen LogP contribution in [-0.2, 0) is 18.6 Å². The summed E-state index contributed by atoms with van der Waals surface area (Å²) >= 11 is 0. The smallest absolute Gasteiger partial charge is 0.593 e. The molecule has 39 heavy (non-hydrogen) atoms. The van der Waals surface area contributed by atoms with Crippen molar-refractivity contribution in [2.24, 2.45) is 0 Å². The van der Waals surface area contributed by atoms with Crippen molar-refractivity contribution in [2.75, 3.05) is 0 Å². The Kier molecular flexibility index (Phi) is 13.8. The van der Waals surface area contributed by atoms with Gasteiger partial charge in [0, 0.05) is 5.60 Å². The topological polar surface area (TPSA) is 36.9 Å². The van der Waals surface area contributed by atoms with Gasteiger partial charge in [-0.1, -0.05) is 69.2 Å². The quantitative estimate of drug-likeness (QED) is 0.253. The van der Waals surface area contributed by atoms with Crippen LogP contribution in [0.2, 0.25) is 0 Å². The molecule has 0 spiro atoms. The molecule has 0 saturated carbocycles. The van der Waals surface area contributed by atoms with Gasteiger partial charge in [0.25, 0.3) is 0 Å². The molecule has 2 aromatic rings. The Bertz CT molecular complexity index is 874. The predicted octanol–water partition coefficient (Wildman–Crippen LogP) is 7.34. The van der Waals surface area contributed by atoms with Gasteiger partial charge >= 0.3 is 42.9 Å². The summed E-state index contributed by atoms with van der Waals surface area (Å²) in [5.41, 5.74) is 13.2. The molecule has 4 nitrogen and oxygen atoms in total. The van der Waals surface area contributed by atoms with Crippen LogP contribution in [0, 0.1) is 105 Å². The zero-order chi connectivity index (χ0) is 30.2. The second-order valence-corrected chi connectivity index (χ2v) is 12.9. The van der Waals surface area contributed by atoms with Crippen LogP contribution in [0.4, 0.5) is 0 Å². The molecule has 2 aromatic carbocycles. The van der Waals surface area contributed by atoms with Crippen molar-refractivity contribution < 1.29 is 54.2 Å². The largest absolute Gasteiger partial charge is 3.00 e. The summed E-state index contributed by atoms with van der Waals surface area (Å²) in [7, 11) is -0.781. The van der Waals surface area contributed by atoms with Gasteiger partial charge in [-0.3, -0.25) is 0 Å². The summed E-state index contributed by atoms with van der Waals surface area (Å²) in [4.78, 5) is 0. The van der Waals surface area contributed by atoms with Crippen LogP contribution < -0.4 is 0 Å². The van der Waals surface area contributed by atoms with Crippen LogP contribution in [0.25, 0.3) is 0 Å². The van der Waals surface area contributed by atoms with Crippen molar-refractivity contribution in [2.45, 2.75) is 147 Å². The van der Waals surface area contributed by atoms with Crippen molar-refractivity contribution in [3.8, 4) is 0 Å². The van der Waals surface area contributed by atoms with Gasteiger partial charge in [0.1, 0.15) is 0 Å². The van der Waals surface area contributed by atoms with Gasteiger partial charge in [-0.25, -0.2) is 0 Å². The van der Waals surface area contributed by atoms with E-state index >= 15 is 0 Å². The van der Waals surface area contributed by atoms with E-state index in [0.29, 0.717) is 0 Å². The van der Waals surface area contributed by atoms with Crippen molar-refractivity contribution >= 4 is 15.4 Å². The van der Waals surface area contributed by atoms with Crippen LogP contribution in [0.1, 0.15) is 111 Å². The van der Waals surface area contributed by atoms with Gasteiger partial charge in [-0.15, -0.1) is 0 Å². The summed E-state index contributed by atoms with van der Waals surface area (Å²) in [5, 5.41) is 0. The van der Waals surface area contributed by atoms with Crippen LogP contribution in [0.15, 0.2) is 0 Å². The van der Waals surface area contributed by atoms with E-state index in [0.717, 1.165) is 0 Å². The minimum absolute atomic E-state index is 0. The second-order valence-electron chi connectivity index (χ2n) is 12.9. The minimum Gasteiger partial charge on any atom is -0.593 e. The molecule has 0 amide bonds. The normalized spacial score (nSPS) is 16.2. The summed E-state index contributed by atoms with van der Waals surface area (Å²) in [6.07, 6.45) is 0. The Balaban J connectivity index is 0.000000588. The molecule has 0 aliphatic carbocycles. The maximum absolute atomic E-state index is 6.00. The van der Waals surface area contributed by atoms with E-state index in [1.807, 2.05) is 55.4 Å². The van der Waals surface area contributed by atoms with E-state index in [1.54, 1.807) is 0 Å². The van der Waals surface area contributed by atoms with Crippen molar-refractivity contribution in [3.05, 3.63) is 55.6 Å². The second kappa shape index (κ2) is 13.9. The zero-order valence-corrected chi connectivity index (χ0v) is 31.4. The third-order valence-corrected chi connectivity index (χ3v) is 9.70. The molecule has 218 valence electrons. The SMILES string of the molecule is Cc1c(C)c(C)[c-](C)c1C.Cc1c(C)c(C)[c-](C)c1C.[BH3-]OC(C)(C)C(C)(C)OB1OC(C)(C)C(C)(C)O1.[La+3]. The fourth-order valence-electron chi connectivity index (χ4n) is 4.03. The Morgan fingerprint density at radius 1 is 0.615 bits per heavy atom. The van der Waals surface area contributed by atoms with Crippen molar-refractivity contribution in [1.82, 2.24) is 0 Å². The minimum atomic E-state index is -0.639. The van der Waals surface area contributed by atoms with Crippen molar-refractivity contribution in [1.29, 1.82) is 0 Å². The molecule has 1 fully saturated rings. The summed E-state index contributed by atoms with van der Waals surface area (Å²) in [5.74, 6) is 0. The molecule has 0 bridgehead atoms. The fraction of sp³-hybridized carbons (Fsp3) is 0.688.